The zero-order valence-electron chi connectivity index (χ0n) is 15.3. The van der Waals surface area contributed by atoms with Crippen LogP contribution in [0.3, 0.4) is 0 Å². The van der Waals surface area contributed by atoms with Gasteiger partial charge in [0, 0.05) is 24.8 Å². The first-order valence-corrected chi connectivity index (χ1v) is 10.3. The van der Waals surface area contributed by atoms with Gasteiger partial charge >= 0.3 is 0 Å². The van der Waals surface area contributed by atoms with E-state index in [-0.39, 0.29) is 17.3 Å². The first-order valence-electron chi connectivity index (χ1n) is 8.88. The average molecular weight is 404 g/mol. The second-order valence-corrected chi connectivity index (χ2v) is 8.43. The number of carbonyl (C=O) groups excluding carboxylic acids is 1. The van der Waals surface area contributed by atoms with E-state index in [9.17, 15) is 13.2 Å². The molecule has 2 heterocycles. The number of sulfonamides is 1. The molecule has 0 spiro atoms. The Bertz CT molecular complexity index is 1020. The second-order valence-electron chi connectivity index (χ2n) is 6.50. The monoisotopic (exact) mass is 404 g/mol. The number of nitrogens with zero attached hydrogens (tertiary/aromatic N) is 1. The van der Waals surface area contributed by atoms with Gasteiger partial charge in [-0.15, -0.1) is 0 Å². The highest BCUT2D eigenvalue weighted by atomic mass is 32.2. The summed E-state index contributed by atoms with van der Waals surface area (Å²) in [7, 11) is -2.21. The number of fused-ring (bicyclic) bond motifs is 1. The molecule has 0 bridgehead atoms. The lowest BCUT2D eigenvalue weighted by Gasteiger charge is -2.17. The van der Waals surface area contributed by atoms with Crippen LogP contribution in [-0.2, 0) is 10.0 Å². The lowest BCUT2D eigenvalue weighted by molar-refractivity contribution is 0.102. The Kier molecular flexibility index (Phi) is 4.86. The highest BCUT2D eigenvalue weighted by Gasteiger charge is 2.28. The molecule has 2 aliphatic rings. The Labute approximate surface area is 163 Å². The zero-order valence-corrected chi connectivity index (χ0v) is 16.1. The number of ether oxygens (including phenoxy) is 3. The van der Waals surface area contributed by atoms with Crippen LogP contribution >= 0.6 is 0 Å². The molecule has 1 fully saturated rings. The van der Waals surface area contributed by atoms with Crippen LogP contribution in [0.4, 0.5) is 5.69 Å². The molecule has 9 heteroatoms. The molecule has 2 aromatic carbocycles. The van der Waals surface area contributed by atoms with Gasteiger partial charge in [-0.1, -0.05) is 0 Å². The third-order valence-electron chi connectivity index (χ3n) is 4.75. The molecule has 0 atom stereocenters. The van der Waals surface area contributed by atoms with Crippen molar-refractivity contribution >= 4 is 21.6 Å². The van der Waals surface area contributed by atoms with Crippen molar-refractivity contribution in [2.24, 2.45) is 0 Å². The maximum Gasteiger partial charge on any atom is 0.259 e. The van der Waals surface area contributed by atoms with Crippen molar-refractivity contribution in [3.05, 3.63) is 42.0 Å². The Balaban J connectivity index is 1.63. The number of amides is 1. The summed E-state index contributed by atoms with van der Waals surface area (Å²) in [5.41, 5.74) is 0.643. The quantitative estimate of drug-likeness (QED) is 0.823. The molecule has 1 saturated heterocycles. The molecular weight excluding hydrogens is 384 g/mol. The molecular formula is C19H20N2O6S. The van der Waals surface area contributed by atoms with Crippen molar-refractivity contribution in [3.8, 4) is 17.2 Å². The van der Waals surface area contributed by atoms with E-state index >= 15 is 0 Å². The molecule has 0 aliphatic carbocycles. The van der Waals surface area contributed by atoms with Crippen LogP contribution in [0.1, 0.15) is 23.2 Å². The van der Waals surface area contributed by atoms with E-state index in [1.807, 2.05) is 0 Å². The summed E-state index contributed by atoms with van der Waals surface area (Å²) in [5.74, 6) is 0.956. The molecule has 8 nitrogen and oxygen atoms in total. The van der Waals surface area contributed by atoms with Gasteiger partial charge in [-0.2, -0.15) is 4.31 Å². The second kappa shape index (κ2) is 7.33. The normalized spacial score (nSPS) is 16.2. The molecule has 2 aromatic rings. The molecule has 148 valence electrons. The fraction of sp³-hybridized carbons (Fsp3) is 0.316. The minimum Gasteiger partial charge on any atom is -0.496 e. The number of hydrogen-bond donors (Lipinski definition) is 1. The summed E-state index contributed by atoms with van der Waals surface area (Å²) in [6, 6.07) is 9.35. The van der Waals surface area contributed by atoms with Gasteiger partial charge in [0.15, 0.2) is 11.5 Å². The molecule has 28 heavy (non-hydrogen) atoms. The minimum atomic E-state index is -3.64. The van der Waals surface area contributed by atoms with Gasteiger partial charge in [0.05, 0.1) is 17.6 Å². The molecule has 0 unspecified atom stereocenters. The first kappa shape index (κ1) is 18.6. The molecule has 0 aromatic heterocycles. The van der Waals surface area contributed by atoms with Gasteiger partial charge in [-0.25, -0.2) is 8.42 Å². The number of methoxy groups -OCH3 is 1. The van der Waals surface area contributed by atoms with E-state index in [2.05, 4.69) is 5.32 Å². The van der Waals surface area contributed by atoms with E-state index in [4.69, 9.17) is 14.2 Å². The number of rotatable bonds is 5. The van der Waals surface area contributed by atoms with Gasteiger partial charge in [0.2, 0.25) is 16.8 Å². The Morgan fingerprint density at radius 1 is 1.07 bits per heavy atom. The van der Waals surface area contributed by atoms with Gasteiger partial charge in [0.25, 0.3) is 5.91 Å². The van der Waals surface area contributed by atoms with Crippen molar-refractivity contribution in [2.75, 3.05) is 32.3 Å². The number of nitrogens with one attached hydrogen (secondary N) is 1. The predicted octanol–water partition coefficient (Wildman–Crippen LogP) is 2.46. The minimum absolute atomic E-state index is 0.0750. The van der Waals surface area contributed by atoms with E-state index in [0.717, 1.165) is 12.8 Å². The Morgan fingerprint density at radius 3 is 2.57 bits per heavy atom. The van der Waals surface area contributed by atoms with Gasteiger partial charge < -0.3 is 19.5 Å². The smallest absolute Gasteiger partial charge is 0.259 e. The summed E-state index contributed by atoms with van der Waals surface area (Å²) in [5, 5.41) is 2.75. The van der Waals surface area contributed by atoms with Crippen LogP contribution in [0.5, 0.6) is 17.2 Å². The maximum absolute atomic E-state index is 12.8. The lowest BCUT2D eigenvalue weighted by atomic mass is 10.1. The van der Waals surface area contributed by atoms with Crippen LogP contribution in [0, 0.1) is 0 Å². The Hall–Kier alpha value is -2.78. The van der Waals surface area contributed by atoms with Crippen LogP contribution in [0.15, 0.2) is 41.3 Å². The first-order chi connectivity index (χ1) is 13.5. The third-order valence-corrected chi connectivity index (χ3v) is 6.64. The van der Waals surface area contributed by atoms with Crippen molar-refractivity contribution in [3.63, 3.8) is 0 Å². The van der Waals surface area contributed by atoms with Crippen molar-refractivity contribution in [1.29, 1.82) is 0 Å². The van der Waals surface area contributed by atoms with E-state index in [1.54, 1.807) is 18.2 Å². The van der Waals surface area contributed by atoms with Gasteiger partial charge in [-0.3, -0.25) is 4.79 Å². The highest BCUT2D eigenvalue weighted by molar-refractivity contribution is 7.89. The molecule has 4 rings (SSSR count). The molecule has 1 amide bonds. The van der Waals surface area contributed by atoms with Crippen molar-refractivity contribution in [2.45, 2.75) is 17.7 Å². The van der Waals surface area contributed by atoms with Crippen LogP contribution in [0.2, 0.25) is 0 Å². The number of carbonyl (C=O) groups is 1. The van der Waals surface area contributed by atoms with Crippen molar-refractivity contribution < 1.29 is 27.4 Å². The summed E-state index contributed by atoms with van der Waals surface area (Å²) in [6.45, 7) is 1.12. The third kappa shape index (κ3) is 3.38. The molecule has 0 saturated carbocycles. The van der Waals surface area contributed by atoms with E-state index in [1.165, 1.54) is 29.6 Å². The molecule has 0 radical (unpaired) electrons. The number of benzene rings is 2. The fourth-order valence-electron chi connectivity index (χ4n) is 3.28. The van der Waals surface area contributed by atoms with Gasteiger partial charge in [-0.05, 0) is 43.2 Å². The summed E-state index contributed by atoms with van der Waals surface area (Å²) >= 11 is 0. The highest BCUT2D eigenvalue weighted by Crippen LogP contribution is 2.34. The number of anilines is 1. The van der Waals surface area contributed by atoms with E-state index in [0.29, 0.717) is 36.0 Å². The topological polar surface area (TPSA) is 94.2 Å². The fourth-order valence-corrected chi connectivity index (χ4v) is 4.82. The maximum atomic E-state index is 12.8. The van der Waals surface area contributed by atoms with Crippen LogP contribution in [0.25, 0.3) is 0 Å². The summed E-state index contributed by atoms with van der Waals surface area (Å²) < 4.78 is 42.9. The van der Waals surface area contributed by atoms with Gasteiger partial charge in [0.1, 0.15) is 5.75 Å². The van der Waals surface area contributed by atoms with E-state index < -0.39 is 15.9 Å². The summed E-state index contributed by atoms with van der Waals surface area (Å²) in [4.78, 5) is 12.9. The molecule has 2 aliphatic heterocycles. The Morgan fingerprint density at radius 2 is 1.82 bits per heavy atom. The summed E-state index contributed by atoms with van der Waals surface area (Å²) in [6.07, 6.45) is 1.68. The van der Waals surface area contributed by atoms with Crippen molar-refractivity contribution in [1.82, 2.24) is 4.31 Å². The largest absolute Gasteiger partial charge is 0.496 e. The van der Waals surface area contributed by atoms with Crippen LogP contribution < -0.4 is 19.5 Å². The standard InChI is InChI=1S/C19H20N2O6S/c1-25-16-7-5-14(28(23,24)21-8-2-3-9-21)11-15(16)19(22)20-13-4-6-17-18(10-13)27-12-26-17/h4-7,10-11H,2-3,8-9,12H2,1H3,(H,20,22). The SMILES string of the molecule is COc1ccc(S(=O)(=O)N2CCCC2)cc1C(=O)Nc1ccc2c(c1)OCO2. The lowest BCUT2D eigenvalue weighted by Crippen LogP contribution is -2.28. The predicted molar refractivity (Wildman–Crippen MR) is 102 cm³/mol. The molecule has 1 N–H and O–H groups in total. The van der Waals surface area contributed by atoms with Crippen LogP contribution in [-0.4, -0.2) is 45.6 Å². The number of hydrogen-bond acceptors (Lipinski definition) is 6. The zero-order chi connectivity index (χ0) is 19.7. The average Bonchev–Trinajstić information content (AvgIpc) is 3.39.